The predicted molar refractivity (Wildman–Crippen MR) is 77.3 cm³/mol. The second-order valence-corrected chi connectivity index (χ2v) is 6.65. The first-order chi connectivity index (χ1) is 9.38. The number of hydrogen-bond acceptors (Lipinski definition) is 4. The van der Waals surface area contributed by atoms with Gasteiger partial charge in [0, 0.05) is 0 Å². The van der Waals surface area contributed by atoms with Crippen molar-refractivity contribution in [2.45, 2.75) is 18.4 Å². The van der Waals surface area contributed by atoms with Gasteiger partial charge in [-0.1, -0.05) is 23.2 Å². The van der Waals surface area contributed by atoms with Gasteiger partial charge in [0.25, 0.3) is 0 Å². The summed E-state index contributed by atoms with van der Waals surface area (Å²) < 4.78 is 26.6. The van der Waals surface area contributed by atoms with Gasteiger partial charge in [-0.05, 0) is 37.3 Å². The van der Waals surface area contributed by atoms with Crippen molar-refractivity contribution in [3.05, 3.63) is 51.8 Å². The zero-order valence-corrected chi connectivity index (χ0v) is 12.8. The van der Waals surface area contributed by atoms with Crippen molar-refractivity contribution in [2.75, 3.05) is 0 Å². The van der Waals surface area contributed by atoms with Gasteiger partial charge in [-0.15, -0.1) is 0 Å². The summed E-state index contributed by atoms with van der Waals surface area (Å²) in [6.07, 6.45) is 0. The molecule has 0 saturated carbocycles. The Kier molecular flexibility index (Phi) is 4.59. The number of nitrogens with one attached hydrogen (secondary N) is 1. The van der Waals surface area contributed by atoms with Crippen LogP contribution in [0.15, 0.2) is 35.2 Å². The molecule has 5 nitrogen and oxygen atoms in total. The number of halogens is 2. The maximum absolute atomic E-state index is 12.1. The van der Waals surface area contributed by atoms with Gasteiger partial charge in [0.05, 0.1) is 32.9 Å². The number of hydrogen-bond donors (Lipinski definition) is 1. The normalized spacial score (nSPS) is 11.6. The van der Waals surface area contributed by atoms with Crippen LogP contribution in [-0.2, 0) is 16.6 Å². The first kappa shape index (κ1) is 15.2. The summed E-state index contributed by atoms with van der Waals surface area (Å²) in [6.45, 7) is 1.85. The van der Waals surface area contributed by atoms with E-state index in [-0.39, 0.29) is 16.5 Å². The molecule has 0 fully saturated rings. The van der Waals surface area contributed by atoms with Crippen LogP contribution in [-0.4, -0.2) is 18.6 Å². The molecule has 20 heavy (non-hydrogen) atoms. The van der Waals surface area contributed by atoms with Crippen LogP contribution in [0.1, 0.15) is 11.4 Å². The smallest absolute Gasteiger partial charge is 0.207 e. The van der Waals surface area contributed by atoms with Gasteiger partial charge in [0.2, 0.25) is 10.0 Å². The Labute approximate surface area is 127 Å². The second kappa shape index (κ2) is 6.05. The van der Waals surface area contributed by atoms with Crippen LogP contribution in [0.25, 0.3) is 0 Å². The maximum Gasteiger partial charge on any atom is 0.240 e. The van der Waals surface area contributed by atoms with Crippen LogP contribution in [0, 0.1) is 6.92 Å². The molecule has 0 saturated heterocycles. The first-order valence-electron chi connectivity index (χ1n) is 5.62. The Bertz CT molecular complexity index is 718. The molecule has 0 unspecified atom stereocenters. The van der Waals surface area contributed by atoms with E-state index in [0.29, 0.717) is 10.7 Å². The fourth-order valence-electron chi connectivity index (χ4n) is 1.42. The molecule has 1 N–H and O–H groups in total. The highest BCUT2D eigenvalue weighted by molar-refractivity contribution is 7.89. The molecular weight excluding hydrogens is 321 g/mol. The third-order valence-electron chi connectivity index (χ3n) is 2.50. The summed E-state index contributed by atoms with van der Waals surface area (Å²) in [5.41, 5.74) is 1.29. The largest absolute Gasteiger partial charge is 0.240 e. The third-order valence-corrected chi connectivity index (χ3v) is 4.64. The van der Waals surface area contributed by atoms with Crippen LogP contribution in [0.3, 0.4) is 0 Å². The van der Waals surface area contributed by atoms with E-state index >= 15 is 0 Å². The number of rotatable bonds is 4. The van der Waals surface area contributed by atoms with E-state index < -0.39 is 10.0 Å². The SMILES string of the molecule is Cc1ccc(CNS(=O)(=O)c2ccc(Cl)c(Cl)c2)nn1. The van der Waals surface area contributed by atoms with Crippen LogP contribution in [0.2, 0.25) is 10.0 Å². The first-order valence-corrected chi connectivity index (χ1v) is 7.86. The Hall–Kier alpha value is -1.21. The van der Waals surface area contributed by atoms with Gasteiger partial charge in [0.15, 0.2) is 0 Å². The van der Waals surface area contributed by atoms with E-state index in [0.717, 1.165) is 5.69 Å². The highest BCUT2D eigenvalue weighted by Gasteiger charge is 2.15. The molecule has 0 aliphatic heterocycles. The maximum atomic E-state index is 12.1. The molecule has 1 aromatic heterocycles. The summed E-state index contributed by atoms with van der Waals surface area (Å²) in [7, 11) is -3.67. The average Bonchev–Trinajstić information content (AvgIpc) is 2.41. The minimum atomic E-state index is -3.67. The number of sulfonamides is 1. The van der Waals surface area contributed by atoms with Crippen LogP contribution >= 0.6 is 23.2 Å². The molecule has 0 aliphatic rings. The number of aromatic nitrogens is 2. The van der Waals surface area contributed by atoms with E-state index in [2.05, 4.69) is 14.9 Å². The molecule has 0 spiro atoms. The highest BCUT2D eigenvalue weighted by atomic mass is 35.5. The Morgan fingerprint density at radius 2 is 1.85 bits per heavy atom. The van der Waals surface area contributed by atoms with Gasteiger partial charge in [-0.3, -0.25) is 0 Å². The molecular formula is C12H11Cl2N3O2S. The number of nitrogens with zero attached hydrogens (tertiary/aromatic N) is 2. The monoisotopic (exact) mass is 331 g/mol. The number of aryl methyl sites for hydroxylation is 1. The van der Waals surface area contributed by atoms with Crippen LogP contribution in [0.4, 0.5) is 0 Å². The highest BCUT2D eigenvalue weighted by Crippen LogP contribution is 2.24. The minimum absolute atomic E-state index is 0.0481. The molecule has 0 radical (unpaired) electrons. The van der Waals surface area contributed by atoms with E-state index in [9.17, 15) is 8.42 Å². The minimum Gasteiger partial charge on any atom is -0.207 e. The second-order valence-electron chi connectivity index (χ2n) is 4.07. The summed E-state index contributed by atoms with van der Waals surface area (Å²) >= 11 is 11.6. The zero-order valence-electron chi connectivity index (χ0n) is 10.5. The van der Waals surface area contributed by atoms with Crippen molar-refractivity contribution in [3.63, 3.8) is 0 Å². The summed E-state index contributed by atoms with van der Waals surface area (Å²) in [5, 5.41) is 8.22. The Morgan fingerprint density at radius 3 is 2.45 bits per heavy atom. The number of benzene rings is 1. The van der Waals surface area contributed by atoms with E-state index in [4.69, 9.17) is 23.2 Å². The molecule has 0 amide bonds. The van der Waals surface area contributed by atoms with Crippen molar-refractivity contribution in [3.8, 4) is 0 Å². The standard InChI is InChI=1S/C12H11Cl2N3O2S/c1-8-2-3-9(17-16-8)7-15-20(18,19)10-4-5-11(13)12(14)6-10/h2-6,15H,7H2,1H3. The quantitative estimate of drug-likeness (QED) is 0.934. The molecule has 0 atom stereocenters. The van der Waals surface area contributed by atoms with Crippen LogP contribution in [0.5, 0.6) is 0 Å². The van der Waals surface area contributed by atoms with Gasteiger partial charge in [-0.2, -0.15) is 10.2 Å². The van der Waals surface area contributed by atoms with Crippen molar-refractivity contribution < 1.29 is 8.42 Å². The topological polar surface area (TPSA) is 72.0 Å². The van der Waals surface area contributed by atoms with Crippen molar-refractivity contribution in [1.29, 1.82) is 0 Å². The van der Waals surface area contributed by atoms with Crippen molar-refractivity contribution >= 4 is 33.2 Å². The van der Waals surface area contributed by atoms with Gasteiger partial charge < -0.3 is 0 Å². The van der Waals surface area contributed by atoms with Crippen LogP contribution < -0.4 is 4.72 Å². The molecule has 2 aromatic rings. The van der Waals surface area contributed by atoms with Gasteiger partial charge >= 0.3 is 0 Å². The fourth-order valence-corrected chi connectivity index (χ4v) is 2.80. The lowest BCUT2D eigenvalue weighted by Crippen LogP contribution is -2.23. The van der Waals surface area contributed by atoms with E-state index in [1.807, 2.05) is 0 Å². The van der Waals surface area contributed by atoms with Crippen molar-refractivity contribution in [1.82, 2.24) is 14.9 Å². The van der Waals surface area contributed by atoms with Crippen molar-refractivity contribution in [2.24, 2.45) is 0 Å². The molecule has 1 heterocycles. The lowest BCUT2D eigenvalue weighted by molar-refractivity contribution is 0.580. The predicted octanol–water partition coefficient (Wildman–Crippen LogP) is 2.57. The Morgan fingerprint density at radius 1 is 1.10 bits per heavy atom. The third kappa shape index (κ3) is 3.67. The van der Waals surface area contributed by atoms with Gasteiger partial charge in [0.1, 0.15) is 0 Å². The lowest BCUT2D eigenvalue weighted by Gasteiger charge is -2.07. The molecule has 106 valence electrons. The fraction of sp³-hybridized carbons (Fsp3) is 0.167. The average molecular weight is 332 g/mol. The Balaban J connectivity index is 2.14. The molecule has 1 aromatic carbocycles. The lowest BCUT2D eigenvalue weighted by atomic mass is 10.3. The van der Waals surface area contributed by atoms with E-state index in [1.165, 1.54) is 18.2 Å². The summed E-state index contributed by atoms with van der Waals surface area (Å²) in [5.74, 6) is 0. The van der Waals surface area contributed by atoms with Gasteiger partial charge in [-0.25, -0.2) is 13.1 Å². The summed E-state index contributed by atoms with van der Waals surface area (Å²) in [4.78, 5) is 0.0481. The van der Waals surface area contributed by atoms with E-state index in [1.54, 1.807) is 19.1 Å². The molecule has 8 heteroatoms. The molecule has 2 rings (SSSR count). The molecule has 0 aliphatic carbocycles. The summed E-state index contributed by atoms with van der Waals surface area (Å²) in [6, 6.07) is 7.59. The zero-order chi connectivity index (χ0) is 14.8. The molecule has 0 bridgehead atoms.